The summed E-state index contributed by atoms with van der Waals surface area (Å²) in [6, 6.07) is 3.88. The van der Waals surface area contributed by atoms with Crippen molar-refractivity contribution in [2.24, 2.45) is 16.7 Å². The number of thiazole rings is 1. The van der Waals surface area contributed by atoms with Crippen LogP contribution in [0.3, 0.4) is 0 Å². The van der Waals surface area contributed by atoms with Gasteiger partial charge in [0, 0.05) is 40.6 Å². The highest BCUT2D eigenvalue weighted by atomic mass is 32.1. The monoisotopic (exact) mass is 439 g/mol. The quantitative estimate of drug-likeness (QED) is 0.623. The molecule has 3 N–H and O–H groups in total. The second-order valence-corrected chi connectivity index (χ2v) is 10.4. The van der Waals surface area contributed by atoms with Crippen LogP contribution in [-0.4, -0.2) is 45.3 Å². The molecule has 1 amide bonds. The van der Waals surface area contributed by atoms with E-state index in [0.29, 0.717) is 6.42 Å². The first-order valence-corrected chi connectivity index (χ1v) is 11.5. The number of nitrogens with zero attached hydrogens (tertiary/aromatic N) is 2. The lowest BCUT2D eigenvalue weighted by molar-refractivity contribution is -0.144. The van der Waals surface area contributed by atoms with Gasteiger partial charge in [0.1, 0.15) is 5.01 Å². The first-order valence-electron chi connectivity index (χ1n) is 10.7. The van der Waals surface area contributed by atoms with Crippen molar-refractivity contribution in [1.82, 2.24) is 15.3 Å². The van der Waals surface area contributed by atoms with Gasteiger partial charge in [0.2, 0.25) is 5.91 Å². The number of aromatic nitrogens is 2. The Morgan fingerprint density at radius 1 is 1.45 bits per heavy atom. The third kappa shape index (κ3) is 3.67. The van der Waals surface area contributed by atoms with Crippen LogP contribution in [0.5, 0.6) is 0 Å². The number of hydrogen-bond acceptors (Lipinski definition) is 6. The molecule has 2 heterocycles. The molecule has 2 aromatic rings. The second kappa shape index (κ2) is 8.34. The Morgan fingerprint density at radius 2 is 2.26 bits per heavy atom. The number of fused-ring (bicyclic) bond motifs is 2. The van der Waals surface area contributed by atoms with Gasteiger partial charge in [0.25, 0.3) is 0 Å². The predicted octanol–water partition coefficient (Wildman–Crippen LogP) is 2.76. The highest BCUT2D eigenvalue weighted by Crippen LogP contribution is 2.62. The number of carbonyl (C=O) groups is 1. The van der Waals surface area contributed by atoms with Crippen LogP contribution >= 0.6 is 11.3 Å². The number of nitrogens with one attached hydrogen (secondary N) is 1. The molecule has 164 valence electrons. The molecule has 2 aliphatic rings. The van der Waals surface area contributed by atoms with E-state index >= 15 is 0 Å². The standard InChI is InChI=1S/C24H29N3O3S/c1-4-9-26-20(30)11-16-21-17(31-22(27-21)15-6-5-10-25-13-15)12-18-23(16,2)8-7-19(29)24(18,3)14-28/h1,5-6,10,13,16,18-19,28-29H,7-9,11-12,14H2,2-3H3,(H,26,30). The summed E-state index contributed by atoms with van der Waals surface area (Å²) < 4.78 is 0. The number of hydrogen-bond donors (Lipinski definition) is 3. The minimum atomic E-state index is -0.628. The van der Waals surface area contributed by atoms with Crippen molar-refractivity contribution in [3.05, 3.63) is 35.1 Å². The van der Waals surface area contributed by atoms with E-state index in [1.54, 1.807) is 23.7 Å². The summed E-state index contributed by atoms with van der Waals surface area (Å²) in [5, 5.41) is 24.8. The fourth-order valence-corrected chi connectivity index (χ4v) is 6.82. The Labute approximate surface area is 187 Å². The zero-order chi connectivity index (χ0) is 22.2. The first kappa shape index (κ1) is 21.9. The van der Waals surface area contributed by atoms with Gasteiger partial charge in [0.05, 0.1) is 24.9 Å². The average molecular weight is 440 g/mol. The van der Waals surface area contributed by atoms with E-state index in [1.807, 2.05) is 19.1 Å². The molecule has 0 bridgehead atoms. The summed E-state index contributed by atoms with van der Waals surface area (Å²) in [5.74, 6) is 2.29. The van der Waals surface area contributed by atoms with Crippen LogP contribution in [0.1, 0.15) is 49.6 Å². The zero-order valence-electron chi connectivity index (χ0n) is 18.0. The summed E-state index contributed by atoms with van der Waals surface area (Å²) in [7, 11) is 0. The smallest absolute Gasteiger partial charge is 0.221 e. The molecule has 7 heteroatoms. The second-order valence-electron chi connectivity index (χ2n) is 9.29. The Hall–Kier alpha value is -2.27. The topological polar surface area (TPSA) is 95.3 Å². The summed E-state index contributed by atoms with van der Waals surface area (Å²) in [4.78, 5) is 23.1. The van der Waals surface area contributed by atoms with Crippen molar-refractivity contribution in [1.29, 1.82) is 0 Å². The molecule has 0 radical (unpaired) electrons. The first-order chi connectivity index (χ1) is 14.8. The molecule has 5 unspecified atom stereocenters. The Balaban J connectivity index is 1.80. The Morgan fingerprint density at radius 3 is 2.94 bits per heavy atom. The van der Waals surface area contributed by atoms with Gasteiger partial charge in [-0.25, -0.2) is 4.98 Å². The summed E-state index contributed by atoms with van der Waals surface area (Å²) >= 11 is 1.63. The van der Waals surface area contributed by atoms with Gasteiger partial charge in [-0.3, -0.25) is 9.78 Å². The molecule has 2 aromatic heterocycles. The van der Waals surface area contributed by atoms with Crippen molar-refractivity contribution >= 4 is 17.2 Å². The van der Waals surface area contributed by atoms with Gasteiger partial charge in [-0.05, 0) is 42.7 Å². The van der Waals surface area contributed by atoms with Gasteiger partial charge >= 0.3 is 0 Å². The largest absolute Gasteiger partial charge is 0.396 e. The van der Waals surface area contributed by atoms with E-state index in [-0.39, 0.29) is 42.7 Å². The lowest BCUT2D eigenvalue weighted by atomic mass is 9.47. The van der Waals surface area contributed by atoms with Crippen LogP contribution in [0, 0.1) is 29.1 Å². The fraction of sp³-hybridized carbons (Fsp3) is 0.542. The Bertz CT molecular complexity index is 1000. The Kier molecular flexibility index (Phi) is 5.91. The van der Waals surface area contributed by atoms with Gasteiger partial charge in [-0.1, -0.05) is 19.8 Å². The van der Waals surface area contributed by atoms with E-state index in [0.717, 1.165) is 34.0 Å². The zero-order valence-corrected chi connectivity index (χ0v) is 18.8. The number of pyridine rings is 1. The molecule has 4 rings (SSSR count). The summed E-state index contributed by atoms with van der Waals surface area (Å²) in [5.41, 5.74) is 1.03. The van der Waals surface area contributed by atoms with Gasteiger partial charge in [-0.15, -0.1) is 17.8 Å². The highest BCUT2D eigenvalue weighted by Gasteiger charge is 2.59. The van der Waals surface area contributed by atoms with Crippen molar-refractivity contribution in [2.45, 2.75) is 51.6 Å². The van der Waals surface area contributed by atoms with Crippen molar-refractivity contribution in [2.75, 3.05) is 13.2 Å². The van der Waals surface area contributed by atoms with Crippen molar-refractivity contribution in [3.63, 3.8) is 0 Å². The summed E-state index contributed by atoms with van der Waals surface area (Å²) in [6.07, 6.45) is 10.7. The minimum absolute atomic E-state index is 0.0360. The van der Waals surface area contributed by atoms with Crippen LogP contribution in [0.15, 0.2) is 24.5 Å². The fourth-order valence-electron chi connectivity index (χ4n) is 5.67. The third-order valence-electron chi connectivity index (χ3n) is 7.58. The van der Waals surface area contributed by atoms with Gasteiger partial charge in [0.15, 0.2) is 0 Å². The average Bonchev–Trinajstić information content (AvgIpc) is 3.21. The highest BCUT2D eigenvalue weighted by molar-refractivity contribution is 7.15. The van der Waals surface area contributed by atoms with E-state index in [1.165, 1.54) is 0 Å². The number of aliphatic hydroxyl groups excluding tert-OH is 2. The molecule has 31 heavy (non-hydrogen) atoms. The molecule has 6 nitrogen and oxygen atoms in total. The third-order valence-corrected chi connectivity index (χ3v) is 8.72. The van der Waals surface area contributed by atoms with Crippen LogP contribution in [-0.2, 0) is 11.2 Å². The molecular formula is C24H29N3O3S. The molecule has 5 atom stereocenters. The van der Waals surface area contributed by atoms with Crippen LogP contribution in [0.2, 0.25) is 0 Å². The van der Waals surface area contributed by atoms with Crippen molar-refractivity contribution < 1.29 is 15.0 Å². The predicted molar refractivity (Wildman–Crippen MR) is 120 cm³/mol. The number of rotatable bonds is 5. The van der Waals surface area contributed by atoms with Crippen LogP contribution in [0.4, 0.5) is 0 Å². The number of terminal acetylenes is 1. The molecule has 0 aromatic carbocycles. The van der Waals surface area contributed by atoms with Gasteiger partial charge in [-0.2, -0.15) is 0 Å². The van der Waals surface area contributed by atoms with Crippen molar-refractivity contribution in [3.8, 4) is 22.9 Å². The molecule has 1 fully saturated rings. The number of amides is 1. The lowest BCUT2D eigenvalue weighted by Crippen LogP contribution is -2.57. The molecule has 2 aliphatic carbocycles. The molecule has 1 saturated carbocycles. The SMILES string of the molecule is C#CCNC(=O)CC1c2nc(-c3cccnc3)sc2CC2C(C)(CO)C(O)CCC12C. The number of carbonyl (C=O) groups excluding carboxylic acids is 1. The van der Waals surface area contributed by atoms with Gasteiger partial charge < -0.3 is 15.5 Å². The van der Waals surface area contributed by atoms with E-state index in [2.05, 4.69) is 23.1 Å². The molecule has 0 aliphatic heterocycles. The maximum Gasteiger partial charge on any atom is 0.221 e. The van der Waals surface area contributed by atoms with Crippen LogP contribution < -0.4 is 5.32 Å². The molecule has 0 saturated heterocycles. The number of aliphatic hydroxyl groups is 2. The maximum absolute atomic E-state index is 12.7. The van der Waals surface area contributed by atoms with E-state index < -0.39 is 11.5 Å². The summed E-state index contributed by atoms with van der Waals surface area (Å²) in [6.45, 7) is 4.28. The van der Waals surface area contributed by atoms with Crippen LogP contribution in [0.25, 0.3) is 10.6 Å². The van der Waals surface area contributed by atoms with E-state index in [9.17, 15) is 15.0 Å². The maximum atomic E-state index is 12.7. The molecular weight excluding hydrogens is 410 g/mol. The molecule has 0 spiro atoms. The lowest BCUT2D eigenvalue weighted by Gasteiger charge is -2.58. The van der Waals surface area contributed by atoms with E-state index in [4.69, 9.17) is 11.4 Å². The normalized spacial score (nSPS) is 31.9. The minimum Gasteiger partial charge on any atom is -0.396 e.